The molecule has 0 amide bonds. The molecule has 7 heteroatoms. The van der Waals surface area contributed by atoms with Gasteiger partial charge in [-0.3, -0.25) is 5.43 Å². The minimum Gasteiger partial charge on any atom is -0.462 e. The molecular weight excluding hydrogens is 324 g/mol. The molecule has 1 saturated carbocycles. The zero-order valence-corrected chi connectivity index (χ0v) is 15.4. The summed E-state index contributed by atoms with van der Waals surface area (Å²) in [6.07, 6.45) is 7.76. The second-order valence-electron chi connectivity index (χ2n) is 6.06. The summed E-state index contributed by atoms with van der Waals surface area (Å²) in [4.78, 5) is 15.1. The van der Waals surface area contributed by atoms with Crippen LogP contribution in [0.3, 0.4) is 0 Å². The maximum atomic E-state index is 12.0. The van der Waals surface area contributed by atoms with Crippen LogP contribution in [0, 0.1) is 13.8 Å². The molecule has 1 aliphatic carbocycles. The first-order valence-corrected chi connectivity index (χ1v) is 8.89. The highest BCUT2D eigenvalue weighted by atomic mass is 32.1. The third-order valence-corrected chi connectivity index (χ3v) is 4.47. The van der Waals surface area contributed by atoms with Gasteiger partial charge < -0.3 is 15.0 Å². The Bertz CT molecular complexity index is 618. The topological polar surface area (TPSA) is 78.5 Å². The minimum absolute atomic E-state index is 0.314. The van der Waals surface area contributed by atoms with Crippen molar-refractivity contribution in [2.75, 3.05) is 6.61 Å². The number of hydrogen-bond donors (Lipinski definition) is 3. The number of hydrazone groups is 1. The van der Waals surface area contributed by atoms with Crippen molar-refractivity contribution in [2.24, 2.45) is 5.10 Å². The van der Waals surface area contributed by atoms with Gasteiger partial charge >= 0.3 is 5.97 Å². The first-order valence-electron chi connectivity index (χ1n) is 8.48. The lowest BCUT2D eigenvalue weighted by atomic mass is 9.96. The molecule has 0 radical (unpaired) electrons. The minimum atomic E-state index is -0.314. The molecule has 1 aliphatic rings. The van der Waals surface area contributed by atoms with Crippen molar-refractivity contribution < 1.29 is 9.53 Å². The molecule has 6 nitrogen and oxygen atoms in total. The monoisotopic (exact) mass is 350 g/mol. The lowest BCUT2D eigenvalue weighted by Crippen LogP contribution is -2.40. The Balaban J connectivity index is 1.93. The largest absolute Gasteiger partial charge is 0.462 e. The average Bonchev–Trinajstić information content (AvgIpc) is 2.82. The van der Waals surface area contributed by atoms with E-state index in [1.807, 2.05) is 13.8 Å². The molecular formula is C17H26N4O2S. The summed E-state index contributed by atoms with van der Waals surface area (Å²) in [6, 6.07) is 0.443. The first kappa shape index (κ1) is 18.4. The number of carbonyl (C=O) groups excluding carboxylic acids is 1. The van der Waals surface area contributed by atoms with Crippen LogP contribution in [-0.4, -0.2) is 34.9 Å². The van der Waals surface area contributed by atoms with Crippen LogP contribution >= 0.6 is 12.2 Å². The Kier molecular flexibility index (Phi) is 6.78. The third kappa shape index (κ3) is 4.80. The van der Waals surface area contributed by atoms with Crippen LogP contribution in [-0.2, 0) is 4.74 Å². The van der Waals surface area contributed by atoms with Crippen LogP contribution in [0.2, 0.25) is 0 Å². The number of hydrogen-bond acceptors (Lipinski definition) is 4. The fourth-order valence-corrected chi connectivity index (χ4v) is 3.25. The number of carbonyl (C=O) groups is 1. The second kappa shape index (κ2) is 8.82. The zero-order valence-electron chi connectivity index (χ0n) is 14.6. The molecule has 1 aromatic heterocycles. The van der Waals surface area contributed by atoms with Gasteiger partial charge in [-0.15, -0.1) is 0 Å². The van der Waals surface area contributed by atoms with Crippen molar-refractivity contribution in [2.45, 2.75) is 58.9 Å². The van der Waals surface area contributed by atoms with E-state index in [1.165, 1.54) is 19.3 Å². The van der Waals surface area contributed by atoms with E-state index in [0.717, 1.165) is 29.8 Å². The summed E-state index contributed by atoms with van der Waals surface area (Å²) in [5, 5.41) is 7.99. The van der Waals surface area contributed by atoms with Crippen molar-refractivity contribution in [1.29, 1.82) is 0 Å². The Morgan fingerprint density at radius 1 is 1.38 bits per heavy atom. The number of thiocarbonyl (C=S) groups is 1. The maximum Gasteiger partial charge on any atom is 0.340 e. The van der Waals surface area contributed by atoms with E-state index < -0.39 is 0 Å². The normalized spacial score (nSPS) is 15.5. The molecule has 24 heavy (non-hydrogen) atoms. The molecule has 132 valence electrons. The lowest BCUT2D eigenvalue weighted by molar-refractivity contribution is 0.0525. The molecule has 1 fully saturated rings. The van der Waals surface area contributed by atoms with Gasteiger partial charge in [0, 0.05) is 11.7 Å². The van der Waals surface area contributed by atoms with E-state index >= 15 is 0 Å². The molecule has 0 atom stereocenters. The first-order chi connectivity index (χ1) is 11.5. The van der Waals surface area contributed by atoms with Crippen LogP contribution in [0.15, 0.2) is 5.10 Å². The number of nitrogens with zero attached hydrogens (tertiary/aromatic N) is 1. The number of aromatic nitrogens is 1. The molecule has 0 aromatic carbocycles. The van der Waals surface area contributed by atoms with Gasteiger partial charge in [0.25, 0.3) is 0 Å². The molecule has 1 heterocycles. The zero-order chi connectivity index (χ0) is 17.5. The van der Waals surface area contributed by atoms with Gasteiger partial charge in [-0.1, -0.05) is 19.3 Å². The van der Waals surface area contributed by atoms with Crippen molar-refractivity contribution in [3.63, 3.8) is 0 Å². The standard InChI is InChI=1S/C17H26N4O2S/c1-4-23-16(22)15-11(2)14(19-12(15)3)10-18-21-17(24)20-13-8-6-5-7-9-13/h10,13,19H,4-9H2,1-3H3,(H2,20,21,24)/b18-10+. The average molecular weight is 350 g/mol. The molecule has 3 N–H and O–H groups in total. The number of esters is 1. The van der Waals surface area contributed by atoms with Gasteiger partial charge in [0.2, 0.25) is 0 Å². The van der Waals surface area contributed by atoms with E-state index in [0.29, 0.717) is 23.3 Å². The highest BCUT2D eigenvalue weighted by Crippen LogP contribution is 2.18. The molecule has 0 bridgehead atoms. The molecule has 1 aromatic rings. The highest BCUT2D eigenvalue weighted by Gasteiger charge is 2.18. The predicted molar refractivity (Wildman–Crippen MR) is 99.6 cm³/mol. The van der Waals surface area contributed by atoms with Gasteiger partial charge in [-0.05, 0) is 51.4 Å². The van der Waals surface area contributed by atoms with Gasteiger partial charge in [-0.25, -0.2) is 4.79 Å². The Morgan fingerprint density at radius 2 is 2.08 bits per heavy atom. The number of nitrogens with one attached hydrogen (secondary N) is 3. The van der Waals surface area contributed by atoms with Crippen molar-refractivity contribution in [3.05, 3.63) is 22.5 Å². The van der Waals surface area contributed by atoms with Gasteiger partial charge in [-0.2, -0.15) is 5.10 Å². The number of aromatic amines is 1. The highest BCUT2D eigenvalue weighted by molar-refractivity contribution is 7.80. The van der Waals surface area contributed by atoms with Crippen molar-refractivity contribution in [3.8, 4) is 0 Å². The number of ether oxygens (including phenoxy) is 1. The van der Waals surface area contributed by atoms with Crippen molar-refractivity contribution >= 4 is 29.5 Å². The summed E-state index contributed by atoms with van der Waals surface area (Å²) in [5.74, 6) is -0.314. The van der Waals surface area contributed by atoms with E-state index in [-0.39, 0.29) is 5.97 Å². The van der Waals surface area contributed by atoms with Gasteiger partial charge in [0.15, 0.2) is 5.11 Å². The number of aryl methyl sites for hydroxylation is 1. The Hall–Kier alpha value is -1.89. The van der Waals surface area contributed by atoms with E-state index in [9.17, 15) is 4.79 Å². The lowest BCUT2D eigenvalue weighted by Gasteiger charge is -2.23. The van der Waals surface area contributed by atoms with Crippen LogP contribution in [0.4, 0.5) is 0 Å². The number of H-pyrrole nitrogens is 1. The summed E-state index contributed by atoms with van der Waals surface area (Å²) >= 11 is 5.27. The van der Waals surface area contributed by atoms with E-state index in [2.05, 4.69) is 20.8 Å². The third-order valence-electron chi connectivity index (χ3n) is 4.26. The van der Waals surface area contributed by atoms with Crippen LogP contribution < -0.4 is 10.7 Å². The summed E-state index contributed by atoms with van der Waals surface area (Å²) < 4.78 is 5.08. The molecule has 0 aliphatic heterocycles. The SMILES string of the molecule is CCOC(=O)c1c(C)[nH]c(/C=N/NC(=S)NC2CCCCC2)c1C. The summed E-state index contributed by atoms with van der Waals surface area (Å²) in [6.45, 7) is 5.87. The summed E-state index contributed by atoms with van der Waals surface area (Å²) in [7, 11) is 0. The maximum absolute atomic E-state index is 12.0. The van der Waals surface area contributed by atoms with E-state index in [1.54, 1.807) is 13.1 Å². The second-order valence-corrected chi connectivity index (χ2v) is 6.47. The molecule has 0 saturated heterocycles. The molecule has 0 unspecified atom stereocenters. The van der Waals surface area contributed by atoms with Crippen molar-refractivity contribution in [1.82, 2.24) is 15.7 Å². The predicted octanol–water partition coefficient (Wildman–Crippen LogP) is 2.94. The quantitative estimate of drug-likeness (QED) is 0.329. The number of rotatable bonds is 5. The van der Waals surface area contributed by atoms with Crippen LogP contribution in [0.5, 0.6) is 0 Å². The molecule has 2 rings (SSSR count). The van der Waals surface area contributed by atoms with Gasteiger partial charge in [0.1, 0.15) is 0 Å². The van der Waals surface area contributed by atoms with Gasteiger partial charge in [0.05, 0.1) is 24.1 Å². The summed E-state index contributed by atoms with van der Waals surface area (Å²) in [5.41, 5.74) is 5.78. The smallest absolute Gasteiger partial charge is 0.340 e. The molecule has 0 spiro atoms. The van der Waals surface area contributed by atoms with E-state index in [4.69, 9.17) is 17.0 Å². The Labute approximate surface area is 148 Å². The van der Waals surface area contributed by atoms with Crippen LogP contribution in [0.25, 0.3) is 0 Å². The van der Waals surface area contributed by atoms with Crippen LogP contribution in [0.1, 0.15) is 66.3 Å². The fourth-order valence-electron chi connectivity index (χ4n) is 3.03. The fraction of sp³-hybridized carbons (Fsp3) is 0.588. The Morgan fingerprint density at radius 3 is 2.75 bits per heavy atom.